The molecule has 1 aromatic heterocycles. The Bertz CT molecular complexity index is 770. The van der Waals surface area contributed by atoms with Crippen LogP contribution >= 0.6 is 0 Å². The molecule has 2 N–H and O–H groups in total. The zero-order valence-electron chi connectivity index (χ0n) is 15.0. The smallest absolute Gasteiger partial charge is 0.252 e. The Kier molecular flexibility index (Phi) is 4.91. The third kappa shape index (κ3) is 3.51. The molecule has 1 saturated carbocycles. The molecule has 0 bridgehead atoms. The van der Waals surface area contributed by atoms with Crippen LogP contribution in [-0.4, -0.2) is 35.1 Å². The summed E-state index contributed by atoms with van der Waals surface area (Å²) in [6.07, 6.45) is 9.34. The van der Waals surface area contributed by atoms with E-state index in [0.717, 1.165) is 23.0 Å². The summed E-state index contributed by atoms with van der Waals surface area (Å²) in [5.41, 5.74) is 2.11. The summed E-state index contributed by atoms with van der Waals surface area (Å²) in [4.78, 5) is 18.1. The highest BCUT2D eigenvalue weighted by Crippen LogP contribution is 2.36. The van der Waals surface area contributed by atoms with Gasteiger partial charge in [0.15, 0.2) is 0 Å². The van der Waals surface area contributed by atoms with E-state index in [0.29, 0.717) is 12.1 Å². The lowest BCUT2D eigenvalue weighted by Gasteiger charge is -2.44. The number of piperidine rings is 1. The van der Waals surface area contributed by atoms with Crippen LogP contribution in [0.1, 0.15) is 50.5 Å². The van der Waals surface area contributed by atoms with Crippen LogP contribution in [0.5, 0.6) is 0 Å². The fourth-order valence-corrected chi connectivity index (χ4v) is 4.76. The first-order chi connectivity index (χ1) is 12.3. The Hall–Kier alpha value is -1.65. The molecule has 134 valence electrons. The Morgan fingerprint density at radius 2 is 1.80 bits per heavy atom. The van der Waals surface area contributed by atoms with E-state index < -0.39 is 0 Å². The molecule has 4 nitrogen and oxygen atoms in total. The van der Waals surface area contributed by atoms with Gasteiger partial charge < -0.3 is 10.3 Å². The third-order valence-electron chi connectivity index (χ3n) is 6.16. The van der Waals surface area contributed by atoms with E-state index in [-0.39, 0.29) is 5.56 Å². The van der Waals surface area contributed by atoms with Crippen molar-refractivity contribution in [3.8, 4) is 0 Å². The molecule has 25 heavy (non-hydrogen) atoms. The second kappa shape index (κ2) is 7.30. The highest BCUT2D eigenvalue weighted by molar-refractivity contribution is 5.78. The molecular weight excluding hydrogens is 310 g/mol. The Morgan fingerprint density at radius 3 is 2.60 bits per heavy atom. The molecule has 4 heteroatoms. The van der Waals surface area contributed by atoms with Gasteiger partial charge in [-0.2, -0.15) is 0 Å². The summed E-state index contributed by atoms with van der Waals surface area (Å²) in [5.74, 6) is 0. The number of para-hydroxylation sites is 1. The number of fused-ring (bicyclic) bond motifs is 1. The second-order valence-corrected chi connectivity index (χ2v) is 7.79. The number of aromatic amines is 1. The van der Waals surface area contributed by atoms with Crippen molar-refractivity contribution >= 4 is 10.9 Å². The molecule has 1 aliphatic heterocycles. The standard InChI is InChI=1S/C21H29N3O/c25-20-18(14-17-8-2-3-9-19(17)23-20)15-22-16-21(10-4-5-11-21)24-12-6-1-7-13-24/h2-3,8-9,14,22H,1,4-7,10-13,15-16H2,(H,23,25). The first-order valence-corrected chi connectivity index (χ1v) is 9.84. The third-order valence-corrected chi connectivity index (χ3v) is 6.16. The monoisotopic (exact) mass is 339 g/mol. The van der Waals surface area contributed by atoms with Crippen molar-refractivity contribution in [1.82, 2.24) is 15.2 Å². The van der Waals surface area contributed by atoms with Crippen LogP contribution in [0.25, 0.3) is 10.9 Å². The zero-order chi connectivity index (χ0) is 17.1. The number of hydrogen-bond donors (Lipinski definition) is 2. The van der Waals surface area contributed by atoms with E-state index in [2.05, 4.69) is 21.3 Å². The van der Waals surface area contributed by atoms with Crippen molar-refractivity contribution < 1.29 is 0 Å². The molecule has 2 heterocycles. The number of benzene rings is 1. The number of rotatable bonds is 5. The molecule has 0 spiro atoms. The maximum absolute atomic E-state index is 12.3. The summed E-state index contributed by atoms with van der Waals surface area (Å²) >= 11 is 0. The van der Waals surface area contributed by atoms with Crippen LogP contribution in [0.3, 0.4) is 0 Å². The Morgan fingerprint density at radius 1 is 1.04 bits per heavy atom. The molecule has 0 atom stereocenters. The fourth-order valence-electron chi connectivity index (χ4n) is 4.76. The van der Waals surface area contributed by atoms with Gasteiger partial charge in [0, 0.05) is 29.7 Å². The number of hydrogen-bond acceptors (Lipinski definition) is 3. The van der Waals surface area contributed by atoms with E-state index in [9.17, 15) is 4.79 Å². The van der Waals surface area contributed by atoms with Crippen molar-refractivity contribution in [2.45, 2.75) is 57.0 Å². The number of aromatic nitrogens is 1. The van der Waals surface area contributed by atoms with Crippen LogP contribution in [0.4, 0.5) is 0 Å². The van der Waals surface area contributed by atoms with Crippen molar-refractivity contribution in [2.75, 3.05) is 19.6 Å². The van der Waals surface area contributed by atoms with Gasteiger partial charge >= 0.3 is 0 Å². The normalized spacial score (nSPS) is 21.0. The Labute approximate surface area is 149 Å². The van der Waals surface area contributed by atoms with E-state index in [1.165, 1.54) is 58.0 Å². The Balaban J connectivity index is 1.45. The molecule has 2 aliphatic rings. The minimum absolute atomic E-state index is 0.0321. The molecule has 0 amide bonds. The van der Waals surface area contributed by atoms with Gasteiger partial charge in [0.05, 0.1) is 0 Å². The van der Waals surface area contributed by atoms with Gasteiger partial charge in [-0.1, -0.05) is 37.5 Å². The average Bonchev–Trinajstić information content (AvgIpc) is 3.13. The highest BCUT2D eigenvalue weighted by atomic mass is 16.1. The van der Waals surface area contributed by atoms with E-state index in [1.54, 1.807) is 0 Å². The summed E-state index contributed by atoms with van der Waals surface area (Å²) in [6, 6.07) is 10.0. The molecule has 2 fully saturated rings. The van der Waals surface area contributed by atoms with Gasteiger partial charge in [-0.25, -0.2) is 0 Å². The molecule has 1 aromatic carbocycles. The van der Waals surface area contributed by atoms with Gasteiger partial charge in [0.2, 0.25) is 0 Å². The first kappa shape index (κ1) is 16.8. The topological polar surface area (TPSA) is 48.1 Å². The predicted molar refractivity (Wildman–Crippen MR) is 103 cm³/mol. The van der Waals surface area contributed by atoms with Gasteiger partial charge in [-0.3, -0.25) is 9.69 Å². The predicted octanol–water partition coefficient (Wildman–Crippen LogP) is 3.42. The van der Waals surface area contributed by atoms with E-state index in [4.69, 9.17) is 0 Å². The quantitative estimate of drug-likeness (QED) is 0.877. The van der Waals surface area contributed by atoms with Crippen LogP contribution in [0, 0.1) is 0 Å². The molecule has 0 unspecified atom stereocenters. The minimum atomic E-state index is 0.0321. The maximum Gasteiger partial charge on any atom is 0.252 e. The van der Waals surface area contributed by atoms with Crippen LogP contribution in [0.2, 0.25) is 0 Å². The SMILES string of the molecule is O=c1[nH]c2ccccc2cc1CNCC1(N2CCCCC2)CCCC1. The van der Waals surface area contributed by atoms with Gasteiger partial charge in [0.1, 0.15) is 0 Å². The van der Waals surface area contributed by atoms with Gasteiger partial charge in [-0.05, 0) is 56.3 Å². The summed E-state index contributed by atoms with van der Waals surface area (Å²) in [6.45, 7) is 4.14. The van der Waals surface area contributed by atoms with Crippen molar-refractivity contribution in [3.63, 3.8) is 0 Å². The van der Waals surface area contributed by atoms with Crippen LogP contribution < -0.4 is 10.9 Å². The van der Waals surface area contributed by atoms with Crippen molar-refractivity contribution in [1.29, 1.82) is 0 Å². The summed E-state index contributed by atoms with van der Waals surface area (Å²) in [7, 11) is 0. The zero-order valence-corrected chi connectivity index (χ0v) is 15.0. The van der Waals surface area contributed by atoms with Gasteiger partial charge in [-0.15, -0.1) is 0 Å². The van der Waals surface area contributed by atoms with Crippen molar-refractivity contribution in [2.24, 2.45) is 0 Å². The minimum Gasteiger partial charge on any atom is -0.322 e. The molecule has 0 radical (unpaired) electrons. The van der Waals surface area contributed by atoms with Gasteiger partial charge in [0.25, 0.3) is 5.56 Å². The van der Waals surface area contributed by atoms with Crippen LogP contribution in [0.15, 0.2) is 35.1 Å². The maximum atomic E-state index is 12.3. The summed E-state index contributed by atoms with van der Waals surface area (Å²) < 4.78 is 0. The fraction of sp³-hybridized carbons (Fsp3) is 0.571. The largest absolute Gasteiger partial charge is 0.322 e. The second-order valence-electron chi connectivity index (χ2n) is 7.79. The molecular formula is C21H29N3O. The number of likely N-dealkylation sites (tertiary alicyclic amines) is 1. The highest BCUT2D eigenvalue weighted by Gasteiger charge is 2.39. The number of H-pyrrole nitrogens is 1. The lowest BCUT2D eigenvalue weighted by atomic mass is 9.92. The lowest BCUT2D eigenvalue weighted by Crippen LogP contribution is -2.54. The number of nitrogens with one attached hydrogen (secondary N) is 2. The first-order valence-electron chi connectivity index (χ1n) is 9.84. The van der Waals surface area contributed by atoms with E-state index in [1.807, 2.05) is 24.3 Å². The summed E-state index contributed by atoms with van der Waals surface area (Å²) in [5, 5.41) is 4.73. The molecule has 1 saturated heterocycles. The molecule has 1 aliphatic carbocycles. The average molecular weight is 339 g/mol. The van der Waals surface area contributed by atoms with E-state index >= 15 is 0 Å². The van der Waals surface area contributed by atoms with Crippen molar-refractivity contribution in [3.05, 3.63) is 46.2 Å². The number of pyridine rings is 1. The molecule has 2 aromatic rings. The lowest BCUT2D eigenvalue weighted by molar-refractivity contribution is 0.0696. The molecule has 4 rings (SSSR count). The van der Waals surface area contributed by atoms with Crippen LogP contribution in [-0.2, 0) is 6.54 Å². The number of nitrogens with zero attached hydrogens (tertiary/aromatic N) is 1.